The molecule has 44 heteroatoms. The van der Waals surface area contributed by atoms with Crippen LogP contribution in [0, 0.1) is 91.9 Å². The Morgan fingerprint density at radius 2 is 0.205 bits per heavy atom. The van der Waals surface area contributed by atoms with Crippen molar-refractivity contribution in [1.82, 2.24) is 0 Å². The summed E-state index contributed by atoms with van der Waals surface area (Å²) in [6.45, 7) is 0. The van der Waals surface area contributed by atoms with Crippen molar-refractivity contribution in [3.63, 3.8) is 0 Å². The van der Waals surface area contributed by atoms with Crippen molar-refractivity contribution in [3.8, 4) is 0 Å². The number of nitrogens with zero attached hydrogens (tertiary/aromatic N) is 6. The van der Waals surface area contributed by atoms with Gasteiger partial charge in [0, 0.05) is 0 Å². The summed E-state index contributed by atoms with van der Waals surface area (Å²) in [5, 5.41) is 88.5. The SMILES string of the molecule is O.O.O.O.O.O.O=[N+]([O-])[O-].O=[N+]([O-])[O-].O=[N+]([O-])[O-].O=[N+]([O-])[O-].O=[N+]([O-])[O-].O=[N+]([O-])[O-].[Fe+3].[Fe+3].[OH3+].[OH3+].[OH3+].[OH3+].[OH3+].[OH3+].[OH3+].[OH3+].[OH3+].[OH3+].[OH3+].[OH3+]. The number of rotatable bonds is 0. The maximum atomic E-state index is 8.25. The van der Waals surface area contributed by atoms with Gasteiger partial charge in [0.25, 0.3) is 0 Å². The molecule has 0 aromatic carbocycles. The molecule has 0 bridgehead atoms. The summed E-state index contributed by atoms with van der Waals surface area (Å²) < 4.78 is 0. The number of hydrogen-bond acceptors (Lipinski definition) is 18. The Bertz CT molecular complexity index is 268. The Labute approximate surface area is 256 Å². The minimum atomic E-state index is -1.75. The van der Waals surface area contributed by atoms with E-state index in [0.29, 0.717) is 0 Å². The molecule has 0 aromatic rings. The Balaban J connectivity index is -0.00000000337. The van der Waals surface area contributed by atoms with Crippen LogP contribution in [0.4, 0.5) is 0 Å². The second kappa shape index (κ2) is 297. The van der Waals surface area contributed by atoms with Gasteiger partial charge in [-0.25, -0.2) is 0 Å². The molecule has 0 atom stereocenters. The fourth-order valence-electron chi connectivity index (χ4n) is 0. The maximum absolute atomic E-state index is 8.25. The molecule has 0 saturated heterocycles. The predicted molar refractivity (Wildman–Crippen MR) is 142 cm³/mol. The molecule has 48 N–H and O–H groups in total. The first-order chi connectivity index (χ1) is 10.4. The molecule has 0 rings (SSSR count). The molecule has 0 heterocycles. The molecule has 44 heavy (non-hydrogen) atoms. The van der Waals surface area contributed by atoms with E-state index in [0.717, 1.165) is 0 Å². The van der Waals surface area contributed by atoms with Gasteiger partial charge in [0.1, 0.15) is 0 Å². The minimum Gasteiger partial charge on any atom is -0.457 e. The van der Waals surface area contributed by atoms with Crippen LogP contribution in [0.25, 0.3) is 0 Å². The Kier molecular flexibility index (Phi) is 2160. The number of hydrogen-bond donors (Lipinski definition) is 0. The Morgan fingerprint density at radius 3 is 0.205 bits per heavy atom. The van der Waals surface area contributed by atoms with Gasteiger partial charge >= 0.3 is 34.1 Å². The van der Waals surface area contributed by atoms with Gasteiger partial charge in [-0.15, -0.1) is 0 Å². The zero-order valence-corrected chi connectivity index (χ0v) is 22.9. The molecule has 0 aliphatic carbocycles. The first kappa shape index (κ1) is 321. The molecule has 42 nitrogen and oxygen atoms in total. The van der Waals surface area contributed by atoms with Gasteiger partial charge in [0.15, 0.2) is 0 Å². The standard InChI is InChI=1S/2Fe.6NO3.18H2O/c;;6*2-1(3)4;;;;;;;;;;;;;;;;;;/h;;;;;;;;18*1H2/q2*+3;6*-1;;;;;;;;;;;;;;;;;;/p+12. The molecule has 0 spiro atoms. The van der Waals surface area contributed by atoms with Gasteiger partial charge in [-0.3, -0.25) is 0 Å². The van der Waals surface area contributed by atoms with Crippen LogP contribution in [0.5, 0.6) is 0 Å². The molecular weight excluding hydrogens is 772 g/mol. The molecule has 0 aliphatic heterocycles. The van der Waals surface area contributed by atoms with E-state index in [4.69, 9.17) is 91.9 Å². The summed E-state index contributed by atoms with van der Waals surface area (Å²) >= 11 is 0. The van der Waals surface area contributed by atoms with Gasteiger partial charge in [0.05, 0.1) is 30.5 Å². The maximum Gasteiger partial charge on any atom is 3.00 e. The van der Waals surface area contributed by atoms with Crippen molar-refractivity contribution in [1.29, 1.82) is 0 Å². The van der Waals surface area contributed by atoms with Crippen molar-refractivity contribution >= 4 is 0 Å². The molecule has 0 saturated carbocycles. The zero-order valence-electron chi connectivity index (χ0n) is 20.7. The molecule has 0 fully saturated rings. The van der Waals surface area contributed by atoms with E-state index in [1.165, 1.54) is 0 Å². The van der Waals surface area contributed by atoms with E-state index in [1.54, 1.807) is 0 Å². The van der Waals surface area contributed by atoms with Crippen LogP contribution in [0.15, 0.2) is 0 Å². The largest absolute Gasteiger partial charge is 3.00 e. The van der Waals surface area contributed by atoms with Gasteiger partial charge in [0.2, 0.25) is 0 Å². The van der Waals surface area contributed by atoms with Crippen LogP contribution in [0.3, 0.4) is 0 Å². The monoisotopic (exact) mass is 820 g/mol. The van der Waals surface area contributed by atoms with E-state index < -0.39 is 30.5 Å². The third-order valence-corrected chi connectivity index (χ3v) is 0. The molecule has 0 aromatic heterocycles. The van der Waals surface area contributed by atoms with E-state index in [1.807, 2.05) is 0 Å². The fourth-order valence-corrected chi connectivity index (χ4v) is 0. The van der Waals surface area contributed by atoms with Gasteiger partial charge < -0.3 is 191 Å². The molecule has 0 unspecified atom stereocenters. The van der Waals surface area contributed by atoms with Crippen LogP contribution in [-0.2, 0) is 99.9 Å². The summed E-state index contributed by atoms with van der Waals surface area (Å²) in [6, 6.07) is 0. The van der Waals surface area contributed by atoms with Crippen LogP contribution in [0.1, 0.15) is 0 Å². The van der Waals surface area contributed by atoms with Crippen LogP contribution >= 0.6 is 0 Å². The van der Waals surface area contributed by atoms with E-state index in [-0.39, 0.29) is 133 Å². The van der Waals surface area contributed by atoms with Gasteiger partial charge in [-0.2, -0.15) is 0 Å². The van der Waals surface area contributed by atoms with Crippen molar-refractivity contribution in [2.75, 3.05) is 0 Å². The summed E-state index contributed by atoms with van der Waals surface area (Å²) in [5.74, 6) is 0. The van der Waals surface area contributed by atoms with Crippen molar-refractivity contribution in [2.45, 2.75) is 0 Å². The van der Waals surface area contributed by atoms with Crippen molar-refractivity contribution in [3.05, 3.63) is 91.9 Å². The van der Waals surface area contributed by atoms with E-state index in [2.05, 4.69) is 0 Å². The van der Waals surface area contributed by atoms with Crippen molar-refractivity contribution in [2.24, 2.45) is 0 Å². The smallest absolute Gasteiger partial charge is 0.457 e. The Hall–Kier alpha value is -4.48. The second-order valence-corrected chi connectivity index (χ2v) is 1.34. The van der Waals surface area contributed by atoms with Gasteiger partial charge in [-0.1, -0.05) is 0 Å². The first-order valence-electron chi connectivity index (χ1n) is 3.29. The van der Waals surface area contributed by atoms with Crippen molar-refractivity contribution < 1.29 is 163 Å². The van der Waals surface area contributed by atoms with E-state index >= 15 is 0 Å². The molecule has 2 radical (unpaired) electrons. The predicted octanol–water partition coefficient (Wildman–Crippen LogP) is -17.5. The van der Waals surface area contributed by atoms with Crippen LogP contribution in [-0.4, -0.2) is 63.4 Å². The summed E-state index contributed by atoms with van der Waals surface area (Å²) in [7, 11) is 0. The summed E-state index contributed by atoms with van der Waals surface area (Å²) in [4.78, 5) is 49.5. The summed E-state index contributed by atoms with van der Waals surface area (Å²) in [5.41, 5.74) is 0. The average molecular weight is 820 g/mol. The average Bonchev–Trinajstić information content (AvgIpc) is 2.08. The third-order valence-electron chi connectivity index (χ3n) is 0. The molecule has 0 amide bonds. The quantitative estimate of drug-likeness (QED) is 0.0947. The normalized spacial score (nSPS) is 3.27. The molecular formula is H48Fe2N6O36+12. The zero-order chi connectivity index (χ0) is 21.5. The van der Waals surface area contributed by atoms with Crippen LogP contribution in [0.2, 0.25) is 0 Å². The first-order valence-corrected chi connectivity index (χ1v) is 3.29. The van der Waals surface area contributed by atoms with Crippen LogP contribution < -0.4 is 0 Å². The topological polar surface area (TPSA) is 982 Å². The minimum absolute atomic E-state index is 0. The van der Waals surface area contributed by atoms with E-state index in [9.17, 15) is 0 Å². The Morgan fingerprint density at radius 1 is 0.205 bits per heavy atom. The second-order valence-electron chi connectivity index (χ2n) is 1.34. The van der Waals surface area contributed by atoms with Gasteiger partial charge in [-0.05, 0) is 0 Å². The molecule has 298 valence electrons. The summed E-state index contributed by atoms with van der Waals surface area (Å²) in [6.07, 6.45) is 0. The third kappa shape index (κ3) is 2490. The fraction of sp³-hybridized carbons (Fsp3) is 0. The molecule has 0 aliphatic rings.